The van der Waals surface area contributed by atoms with Crippen molar-refractivity contribution in [2.45, 2.75) is 33.1 Å². The van der Waals surface area contributed by atoms with Crippen LogP contribution in [0.15, 0.2) is 36.1 Å². The maximum absolute atomic E-state index is 12.0. The van der Waals surface area contributed by atoms with Crippen LogP contribution in [0, 0.1) is 11.8 Å². The minimum Gasteiger partial charge on any atom is -0.498 e. The van der Waals surface area contributed by atoms with Crippen LogP contribution in [-0.4, -0.2) is 24.1 Å². The molecular formula is C18H24O3. The molecule has 0 radical (unpaired) electrons. The van der Waals surface area contributed by atoms with Crippen molar-refractivity contribution in [1.82, 2.24) is 0 Å². The number of hydrogen-bond acceptors (Lipinski definition) is 3. The van der Waals surface area contributed by atoms with E-state index in [1.165, 1.54) is 0 Å². The molecule has 0 aliphatic heterocycles. The lowest BCUT2D eigenvalue weighted by Crippen LogP contribution is -2.10. The SMILES string of the molecule is CC(C)COC1=CC(=O)C(Cc2cccc(CCO)c2)C1. The molecule has 0 amide bonds. The third-order valence-electron chi connectivity index (χ3n) is 3.63. The van der Waals surface area contributed by atoms with E-state index < -0.39 is 0 Å². The van der Waals surface area contributed by atoms with Gasteiger partial charge in [-0.05, 0) is 29.9 Å². The fourth-order valence-corrected chi connectivity index (χ4v) is 2.55. The molecule has 1 aliphatic carbocycles. The summed E-state index contributed by atoms with van der Waals surface area (Å²) in [5, 5.41) is 9.00. The maximum atomic E-state index is 12.0. The zero-order chi connectivity index (χ0) is 15.2. The number of ketones is 1. The van der Waals surface area contributed by atoms with Gasteiger partial charge in [0.25, 0.3) is 0 Å². The van der Waals surface area contributed by atoms with Crippen molar-refractivity contribution in [1.29, 1.82) is 0 Å². The topological polar surface area (TPSA) is 46.5 Å². The Kier molecular flexibility index (Phi) is 5.57. The van der Waals surface area contributed by atoms with Crippen molar-refractivity contribution in [3.8, 4) is 0 Å². The van der Waals surface area contributed by atoms with Gasteiger partial charge in [-0.3, -0.25) is 4.79 Å². The van der Waals surface area contributed by atoms with Crippen LogP contribution >= 0.6 is 0 Å². The number of aliphatic hydroxyl groups excluding tert-OH is 1. The lowest BCUT2D eigenvalue weighted by atomic mass is 9.95. The number of hydrogen-bond donors (Lipinski definition) is 1. The molecule has 1 aromatic rings. The molecule has 0 heterocycles. The van der Waals surface area contributed by atoms with Crippen LogP contribution < -0.4 is 0 Å². The third-order valence-corrected chi connectivity index (χ3v) is 3.63. The van der Waals surface area contributed by atoms with E-state index >= 15 is 0 Å². The highest BCUT2D eigenvalue weighted by Gasteiger charge is 2.26. The standard InChI is InChI=1S/C18H24O3/c1-13(2)12-21-17-10-16(18(20)11-17)9-15-5-3-4-14(8-15)6-7-19/h3-5,8,11,13,16,19H,6-7,9-10,12H2,1-2H3. The van der Waals surface area contributed by atoms with Crippen LogP contribution in [0.5, 0.6) is 0 Å². The van der Waals surface area contributed by atoms with Gasteiger partial charge in [-0.2, -0.15) is 0 Å². The van der Waals surface area contributed by atoms with Crippen molar-refractivity contribution in [2.75, 3.05) is 13.2 Å². The van der Waals surface area contributed by atoms with Gasteiger partial charge in [0.15, 0.2) is 5.78 Å². The van der Waals surface area contributed by atoms with E-state index in [4.69, 9.17) is 9.84 Å². The molecular weight excluding hydrogens is 264 g/mol. The van der Waals surface area contributed by atoms with Gasteiger partial charge in [0, 0.05) is 25.0 Å². The van der Waals surface area contributed by atoms with Crippen molar-refractivity contribution >= 4 is 5.78 Å². The molecule has 3 heteroatoms. The molecule has 0 fully saturated rings. The number of allylic oxidation sites excluding steroid dienone is 2. The van der Waals surface area contributed by atoms with E-state index in [2.05, 4.69) is 19.9 Å². The zero-order valence-corrected chi connectivity index (χ0v) is 12.8. The molecule has 3 nitrogen and oxygen atoms in total. The first-order valence-electron chi connectivity index (χ1n) is 7.64. The van der Waals surface area contributed by atoms with Crippen molar-refractivity contribution < 1.29 is 14.6 Å². The van der Waals surface area contributed by atoms with Gasteiger partial charge >= 0.3 is 0 Å². The van der Waals surface area contributed by atoms with E-state index in [1.807, 2.05) is 18.2 Å². The first-order chi connectivity index (χ1) is 10.1. The summed E-state index contributed by atoms with van der Waals surface area (Å²) in [6.45, 7) is 5.02. The average Bonchev–Trinajstić information content (AvgIpc) is 2.78. The summed E-state index contributed by atoms with van der Waals surface area (Å²) in [5.41, 5.74) is 2.27. The first kappa shape index (κ1) is 15.8. The van der Waals surface area contributed by atoms with Gasteiger partial charge in [-0.25, -0.2) is 0 Å². The van der Waals surface area contributed by atoms with Gasteiger partial charge in [0.1, 0.15) is 5.76 Å². The fourth-order valence-electron chi connectivity index (χ4n) is 2.55. The van der Waals surface area contributed by atoms with Crippen LogP contribution in [0.25, 0.3) is 0 Å². The van der Waals surface area contributed by atoms with Crippen LogP contribution in [0.4, 0.5) is 0 Å². The Morgan fingerprint density at radius 3 is 2.81 bits per heavy atom. The second kappa shape index (κ2) is 7.41. The predicted molar refractivity (Wildman–Crippen MR) is 82.9 cm³/mol. The Morgan fingerprint density at radius 2 is 2.10 bits per heavy atom. The minimum absolute atomic E-state index is 0.00320. The predicted octanol–water partition coefficient (Wildman–Crippen LogP) is 2.91. The molecule has 2 rings (SSSR count). The quantitative estimate of drug-likeness (QED) is 0.839. The lowest BCUT2D eigenvalue weighted by Gasteiger charge is -2.12. The molecule has 1 aliphatic rings. The zero-order valence-electron chi connectivity index (χ0n) is 12.8. The number of aliphatic hydroxyl groups is 1. The summed E-state index contributed by atoms with van der Waals surface area (Å²) in [6.07, 6.45) is 3.76. The Balaban J connectivity index is 1.92. The highest BCUT2D eigenvalue weighted by molar-refractivity contribution is 5.94. The van der Waals surface area contributed by atoms with Crippen LogP contribution in [-0.2, 0) is 22.4 Å². The summed E-state index contributed by atoms with van der Waals surface area (Å²) in [4.78, 5) is 12.0. The Morgan fingerprint density at radius 1 is 1.33 bits per heavy atom. The Bertz CT molecular complexity index is 517. The molecule has 0 bridgehead atoms. The molecule has 21 heavy (non-hydrogen) atoms. The molecule has 1 unspecified atom stereocenters. The molecule has 114 valence electrons. The summed E-state index contributed by atoms with van der Waals surface area (Å²) < 4.78 is 5.67. The number of benzene rings is 1. The summed E-state index contributed by atoms with van der Waals surface area (Å²) >= 11 is 0. The molecule has 0 saturated carbocycles. The van der Waals surface area contributed by atoms with E-state index in [1.54, 1.807) is 6.08 Å². The normalized spacial score (nSPS) is 18.2. The number of carbonyl (C=O) groups excluding carboxylic acids is 1. The van der Waals surface area contributed by atoms with Gasteiger partial charge in [-0.15, -0.1) is 0 Å². The summed E-state index contributed by atoms with van der Waals surface area (Å²) in [5.74, 6) is 1.46. The van der Waals surface area contributed by atoms with Crippen LogP contribution in [0.1, 0.15) is 31.4 Å². The number of ether oxygens (including phenoxy) is 1. The highest BCUT2D eigenvalue weighted by Crippen LogP contribution is 2.27. The second-order valence-corrected chi connectivity index (χ2v) is 6.12. The summed E-state index contributed by atoms with van der Waals surface area (Å²) in [6, 6.07) is 8.12. The minimum atomic E-state index is -0.00320. The van der Waals surface area contributed by atoms with Crippen molar-refractivity contribution in [3.05, 3.63) is 47.2 Å². The fraction of sp³-hybridized carbons (Fsp3) is 0.500. The molecule has 1 atom stereocenters. The van der Waals surface area contributed by atoms with Crippen LogP contribution in [0.3, 0.4) is 0 Å². The largest absolute Gasteiger partial charge is 0.498 e. The third kappa shape index (κ3) is 4.71. The van der Waals surface area contributed by atoms with Gasteiger partial charge in [0.05, 0.1) is 6.61 Å². The summed E-state index contributed by atoms with van der Waals surface area (Å²) in [7, 11) is 0. The van der Waals surface area contributed by atoms with Gasteiger partial charge in [0.2, 0.25) is 0 Å². The highest BCUT2D eigenvalue weighted by atomic mass is 16.5. The van der Waals surface area contributed by atoms with E-state index in [0.29, 0.717) is 25.4 Å². The van der Waals surface area contributed by atoms with E-state index in [-0.39, 0.29) is 18.3 Å². The second-order valence-electron chi connectivity index (χ2n) is 6.12. The smallest absolute Gasteiger partial charge is 0.162 e. The molecule has 0 saturated heterocycles. The van der Waals surface area contributed by atoms with Crippen molar-refractivity contribution in [2.24, 2.45) is 11.8 Å². The molecule has 1 aromatic carbocycles. The van der Waals surface area contributed by atoms with Crippen molar-refractivity contribution in [3.63, 3.8) is 0 Å². The first-order valence-corrected chi connectivity index (χ1v) is 7.64. The molecule has 0 aromatic heterocycles. The monoisotopic (exact) mass is 288 g/mol. The average molecular weight is 288 g/mol. The van der Waals surface area contributed by atoms with E-state index in [9.17, 15) is 4.79 Å². The Hall–Kier alpha value is -1.61. The van der Waals surface area contributed by atoms with Crippen LogP contribution in [0.2, 0.25) is 0 Å². The van der Waals surface area contributed by atoms with Gasteiger partial charge in [-0.1, -0.05) is 38.1 Å². The van der Waals surface area contributed by atoms with E-state index in [0.717, 1.165) is 23.3 Å². The number of rotatable bonds is 7. The molecule has 0 spiro atoms. The Labute approximate surface area is 126 Å². The lowest BCUT2D eigenvalue weighted by molar-refractivity contribution is -0.117. The molecule has 1 N–H and O–H groups in total. The van der Waals surface area contributed by atoms with Gasteiger partial charge < -0.3 is 9.84 Å². The maximum Gasteiger partial charge on any atom is 0.162 e. The number of carbonyl (C=O) groups is 1.